The van der Waals surface area contributed by atoms with Gasteiger partial charge in [-0.1, -0.05) is 23.2 Å². The molecule has 3 rings (SSSR count). The molecule has 5 nitrogen and oxygen atoms in total. The molecule has 1 aliphatic rings. The zero-order valence-corrected chi connectivity index (χ0v) is 18.4. The van der Waals surface area contributed by atoms with Crippen LogP contribution in [-0.4, -0.2) is 42.4 Å². The van der Waals surface area contributed by atoms with Crippen LogP contribution in [-0.2, 0) is 17.6 Å². The summed E-state index contributed by atoms with van der Waals surface area (Å²) < 4.78 is 0.526. The number of rotatable bonds is 4. The second kappa shape index (κ2) is 8.41. The van der Waals surface area contributed by atoms with Crippen molar-refractivity contribution in [3.05, 3.63) is 49.6 Å². The number of nitrogens with one attached hydrogen (secondary N) is 2. The molecule has 0 radical (unpaired) electrons. The molecule has 0 atom stereocenters. The summed E-state index contributed by atoms with van der Waals surface area (Å²) >= 11 is 13.5. The van der Waals surface area contributed by atoms with Crippen LogP contribution in [0.25, 0.3) is 0 Å². The van der Waals surface area contributed by atoms with Crippen LogP contribution in [0.15, 0.2) is 24.3 Å². The summed E-state index contributed by atoms with van der Waals surface area (Å²) in [6.07, 6.45) is 1.78. The lowest BCUT2D eigenvalue weighted by Gasteiger charge is -2.25. The molecular weight excluding hydrogens is 417 g/mol. The third kappa shape index (κ3) is 4.87. The molecule has 1 aromatic heterocycles. The molecule has 0 saturated heterocycles. The Morgan fingerprint density at radius 2 is 1.86 bits per heavy atom. The molecule has 2 amide bonds. The zero-order chi connectivity index (χ0) is 20.5. The van der Waals surface area contributed by atoms with Gasteiger partial charge >= 0.3 is 0 Å². The minimum atomic E-state index is -1.10. The summed E-state index contributed by atoms with van der Waals surface area (Å²) in [5.74, 6) is -0.648. The number of hydrogen-bond acceptors (Lipinski definition) is 4. The molecule has 0 spiro atoms. The summed E-state index contributed by atoms with van der Waals surface area (Å²) in [4.78, 5) is 27.9. The van der Waals surface area contributed by atoms with Gasteiger partial charge < -0.3 is 15.5 Å². The van der Waals surface area contributed by atoms with Crippen molar-refractivity contribution < 1.29 is 9.59 Å². The first-order valence-electron chi connectivity index (χ1n) is 9.05. The van der Waals surface area contributed by atoms with Crippen molar-refractivity contribution in [3.8, 4) is 0 Å². The third-order valence-electron chi connectivity index (χ3n) is 4.84. The summed E-state index contributed by atoms with van der Waals surface area (Å²) in [5.41, 5.74) is 1.83. The fourth-order valence-electron chi connectivity index (χ4n) is 3.12. The van der Waals surface area contributed by atoms with Gasteiger partial charge in [-0.05, 0) is 69.1 Å². The molecule has 1 aromatic carbocycles. The van der Waals surface area contributed by atoms with E-state index < -0.39 is 5.54 Å². The molecule has 0 aliphatic carbocycles. The Labute approximate surface area is 179 Å². The van der Waals surface area contributed by atoms with Gasteiger partial charge in [-0.25, -0.2) is 0 Å². The number of carbonyl (C=O) groups is 2. The first-order valence-corrected chi connectivity index (χ1v) is 10.6. The van der Waals surface area contributed by atoms with Crippen molar-refractivity contribution in [1.29, 1.82) is 0 Å². The summed E-state index contributed by atoms with van der Waals surface area (Å²) in [7, 11) is 2.09. The van der Waals surface area contributed by atoms with Gasteiger partial charge in [-0.2, -0.15) is 0 Å². The highest BCUT2D eigenvalue weighted by Gasteiger charge is 2.30. The van der Waals surface area contributed by atoms with Crippen molar-refractivity contribution in [2.24, 2.45) is 0 Å². The average Bonchev–Trinajstić information content (AvgIpc) is 2.96. The lowest BCUT2D eigenvalue weighted by molar-refractivity contribution is -0.120. The maximum absolute atomic E-state index is 12.8. The van der Waals surface area contributed by atoms with Crippen LogP contribution in [0.2, 0.25) is 9.36 Å². The van der Waals surface area contributed by atoms with Gasteiger partial charge in [-0.3, -0.25) is 9.59 Å². The van der Waals surface area contributed by atoms with Gasteiger partial charge in [0.1, 0.15) is 5.54 Å². The maximum atomic E-state index is 12.8. The van der Waals surface area contributed by atoms with Crippen molar-refractivity contribution >= 4 is 52.0 Å². The molecule has 0 saturated carbocycles. The van der Waals surface area contributed by atoms with Gasteiger partial charge in [0.15, 0.2) is 0 Å². The zero-order valence-electron chi connectivity index (χ0n) is 16.1. The molecule has 2 N–H and O–H groups in total. The third-order valence-corrected chi connectivity index (χ3v) is 6.41. The lowest BCUT2D eigenvalue weighted by atomic mass is 10.0. The Hall–Kier alpha value is -1.60. The predicted molar refractivity (Wildman–Crippen MR) is 116 cm³/mol. The van der Waals surface area contributed by atoms with Crippen LogP contribution in [0.5, 0.6) is 0 Å². The standard InChI is InChI=1S/C20H23Cl2N3O2S/c1-20(2,24-18(26)16-4-5-17(22)28-16)19(27)23-13-10-12-6-8-25(3)9-7-14(12)15(21)11-13/h4-5,10-11H,6-9H2,1-3H3,(H,23,27)(H,24,26). The number of amides is 2. The van der Waals surface area contributed by atoms with Crippen LogP contribution >= 0.6 is 34.5 Å². The number of nitrogens with zero attached hydrogens (tertiary/aromatic N) is 1. The van der Waals surface area contributed by atoms with E-state index in [0.717, 1.165) is 37.1 Å². The van der Waals surface area contributed by atoms with Crippen LogP contribution < -0.4 is 10.6 Å². The fourth-order valence-corrected chi connectivity index (χ4v) is 4.39. The smallest absolute Gasteiger partial charge is 0.262 e. The van der Waals surface area contributed by atoms with E-state index in [1.54, 1.807) is 32.0 Å². The maximum Gasteiger partial charge on any atom is 0.262 e. The highest BCUT2D eigenvalue weighted by Crippen LogP contribution is 2.29. The Morgan fingerprint density at radius 1 is 1.14 bits per heavy atom. The van der Waals surface area contributed by atoms with Crippen LogP contribution in [0.3, 0.4) is 0 Å². The molecule has 0 bridgehead atoms. The molecule has 8 heteroatoms. The Bertz CT molecular complexity index is 911. The van der Waals surface area contributed by atoms with Crippen molar-refractivity contribution in [3.63, 3.8) is 0 Å². The monoisotopic (exact) mass is 439 g/mol. The van der Waals surface area contributed by atoms with Crippen molar-refractivity contribution in [2.45, 2.75) is 32.2 Å². The molecule has 28 heavy (non-hydrogen) atoms. The molecule has 1 aliphatic heterocycles. The highest BCUT2D eigenvalue weighted by molar-refractivity contribution is 7.18. The molecule has 0 unspecified atom stereocenters. The normalized spacial score (nSPS) is 14.9. The molecule has 0 fully saturated rings. The highest BCUT2D eigenvalue weighted by atomic mass is 35.5. The number of hydrogen-bond donors (Lipinski definition) is 2. The number of carbonyl (C=O) groups excluding carboxylic acids is 2. The number of benzene rings is 1. The number of likely N-dealkylation sites (N-methyl/N-ethyl adjacent to an activating group) is 1. The molecule has 2 aromatic rings. The minimum Gasteiger partial charge on any atom is -0.337 e. The topological polar surface area (TPSA) is 61.4 Å². The van der Waals surface area contributed by atoms with Crippen LogP contribution in [0.1, 0.15) is 34.6 Å². The number of fused-ring (bicyclic) bond motifs is 1. The quantitative estimate of drug-likeness (QED) is 0.748. The van der Waals surface area contributed by atoms with Gasteiger partial charge in [0.2, 0.25) is 5.91 Å². The number of halogens is 2. The Balaban J connectivity index is 1.73. The Morgan fingerprint density at radius 3 is 2.54 bits per heavy atom. The molecule has 150 valence electrons. The fraction of sp³-hybridized carbons (Fsp3) is 0.400. The van der Waals surface area contributed by atoms with E-state index in [0.29, 0.717) is 19.9 Å². The number of thiophene rings is 1. The average molecular weight is 440 g/mol. The Kier molecular flexibility index (Phi) is 6.34. The summed E-state index contributed by atoms with van der Waals surface area (Å²) in [6, 6.07) is 7.05. The van der Waals surface area contributed by atoms with E-state index in [-0.39, 0.29) is 11.8 Å². The molecular formula is C20H23Cl2N3O2S. The van der Waals surface area contributed by atoms with E-state index in [1.807, 2.05) is 6.07 Å². The van der Waals surface area contributed by atoms with Gasteiger partial charge in [0.25, 0.3) is 5.91 Å². The second-order valence-electron chi connectivity index (χ2n) is 7.54. The van der Waals surface area contributed by atoms with Gasteiger partial charge in [0.05, 0.1) is 9.21 Å². The van der Waals surface area contributed by atoms with E-state index in [2.05, 4.69) is 22.6 Å². The largest absolute Gasteiger partial charge is 0.337 e. The van der Waals surface area contributed by atoms with Crippen molar-refractivity contribution in [1.82, 2.24) is 10.2 Å². The van der Waals surface area contributed by atoms with E-state index in [4.69, 9.17) is 23.2 Å². The van der Waals surface area contributed by atoms with Crippen LogP contribution in [0, 0.1) is 0 Å². The molecule has 2 heterocycles. The van der Waals surface area contributed by atoms with Crippen molar-refractivity contribution in [2.75, 3.05) is 25.5 Å². The first-order chi connectivity index (χ1) is 13.2. The summed E-state index contributed by atoms with van der Waals surface area (Å²) in [6.45, 7) is 5.24. The van der Waals surface area contributed by atoms with E-state index >= 15 is 0 Å². The number of anilines is 1. The van der Waals surface area contributed by atoms with E-state index in [9.17, 15) is 9.59 Å². The predicted octanol–water partition coefficient (Wildman–Crippen LogP) is 4.23. The minimum absolute atomic E-state index is 0.315. The van der Waals surface area contributed by atoms with Crippen LogP contribution in [0.4, 0.5) is 5.69 Å². The SMILES string of the molecule is CN1CCc2cc(NC(=O)C(C)(C)NC(=O)c3ccc(Cl)s3)cc(Cl)c2CC1. The van der Waals surface area contributed by atoms with Gasteiger partial charge in [0, 0.05) is 23.8 Å². The first kappa shape index (κ1) is 21.1. The summed E-state index contributed by atoms with van der Waals surface area (Å²) in [5, 5.41) is 6.32. The second-order valence-corrected chi connectivity index (χ2v) is 9.66. The lowest BCUT2D eigenvalue weighted by Crippen LogP contribution is -2.52. The van der Waals surface area contributed by atoms with Gasteiger partial charge in [-0.15, -0.1) is 11.3 Å². The van der Waals surface area contributed by atoms with E-state index in [1.165, 1.54) is 11.3 Å².